The van der Waals surface area contributed by atoms with Crippen LogP contribution in [0.1, 0.15) is 11.5 Å². The standard InChI is InChI=1S/C48H30N2O2/c1-5-17-39-31(11-1)32-12-2-6-18-40(32)49(39)44-21-10-16-36-38-28-30(24-26-46(38)52-48(36)44)29-23-25-42-37(27-29)33-13-3-7-19-41(33)50(42)43-20-9-15-35-34-14-4-8-22-45(34)51-47(35)43/h1-28,33,41H. The summed E-state index contributed by atoms with van der Waals surface area (Å²) in [6, 6.07) is 52.3. The maximum absolute atomic E-state index is 6.71. The number of furan rings is 2. The minimum Gasteiger partial charge on any atom is -0.454 e. The van der Waals surface area contributed by atoms with Gasteiger partial charge in [0.2, 0.25) is 0 Å². The van der Waals surface area contributed by atoms with Gasteiger partial charge in [-0.2, -0.15) is 0 Å². The Kier molecular flexibility index (Phi) is 5.58. The molecule has 2 unspecified atom stereocenters. The highest BCUT2D eigenvalue weighted by Crippen LogP contribution is 2.51. The molecule has 4 heteroatoms. The molecule has 7 aromatic carbocycles. The topological polar surface area (TPSA) is 34.5 Å². The minimum atomic E-state index is 0.161. The molecule has 0 radical (unpaired) electrons. The maximum Gasteiger partial charge on any atom is 0.159 e. The lowest BCUT2D eigenvalue weighted by Crippen LogP contribution is -2.28. The molecule has 0 spiro atoms. The SMILES string of the molecule is C1=CC2c3cc(-c4ccc5oc6c(-n7c8ccccc8c8ccccc87)cccc6c5c4)ccc3N(c3cccc4c3oc3ccccc34)C2C=C1. The second kappa shape index (κ2) is 10.4. The summed E-state index contributed by atoms with van der Waals surface area (Å²) >= 11 is 0. The van der Waals surface area contributed by atoms with Crippen molar-refractivity contribution in [3.63, 3.8) is 0 Å². The van der Waals surface area contributed by atoms with Gasteiger partial charge in [0.15, 0.2) is 11.2 Å². The van der Waals surface area contributed by atoms with E-state index in [4.69, 9.17) is 8.83 Å². The second-order valence-electron chi connectivity index (χ2n) is 14.0. The number of benzene rings is 7. The molecule has 2 aliphatic rings. The van der Waals surface area contributed by atoms with Gasteiger partial charge in [-0.05, 0) is 71.3 Å². The quantitative estimate of drug-likeness (QED) is 0.188. The molecule has 0 fully saturated rings. The van der Waals surface area contributed by atoms with E-state index >= 15 is 0 Å². The van der Waals surface area contributed by atoms with Gasteiger partial charge >= 0.3 is 0 Å². The van der Waals surface area contributed by atoms with Crippen LogP contribution in [0.15, 0.2) is 179 Å². The van der Waals surface area contributed by atoms with E-state index in [9.17, 15) is 0 Å². The Bertz CT molecular complexity index is 3120. The normalized spacial score (nSPS) is 16.7. The summed E-state index contributed by atoms with van der Waals surface area (Å²) in [6.45, 7) is 0. The van der Waals surface area contributed by atoms with Crippen LogP contribution in [0.2, 0.25) is 0 Å². The largest absolute Gasteiger partial charge is 0.454 e. The first-order valence-electron chi connectivity index (χ1n) is 17.9. The molecule has 1 aliphatic carbocycles. The van der Waals surface area contributed by atoms with Crippen molar-refractivity contribution >= 4 is 77.1 Å². The van der Waals surface area contributed by atoms with Gasteiger partial charge in [-0.15, -0.1) is 0 Å². The first-order chi connectivity index (χ1) is 25.8. The maximum atomic E-state index is 6.71. The zero-order chi connectivity index (χ0) is 33.9. The zero-order valence-electron chi connectivity index (χ0n) is 28.0. The molecule has 0 bridgehead atoms. The number of fused-ring (bicyclic) bond motifs is 12. The van der Waals surface area contributed by atoms with E-state index in [2.05, 4.69) is 173 Å². The van der Waals surface area contributed by atoms with Gasteiger partial charge in [-0.3, -0.25) is 0 Å². The van der Waals surface area contributed by atoms with Crippen LogP contribution in [0, 0.1) is 0 Å². The van der Waals surface area contributed by atoms with Crippen molar-refractivity contribution < 1.29 is 8.83 Å². The molecule has 0 saturated heterocycles. The van der Waals surface area contributed by atoms with Crippen LogP contribution in [0.5, 0.6) is 0 Å². The molecule has 12 rings (SSSR count). The fourth-order valence-corrected chi connectivity index (χ4v) is 9.04. The number of hydrogen-bond acceptors (Lipinski definition) is 3. The van der Waals surface area contributed by atoms with Crippen molar-refractivity contribution in [2.24, 2.45) is 0 Å². The number of rotatable bonds is 3. The monoisotopic (exact) mass is 666 g/mol. The molecule has 2 atom stereocenters. The van der Waals surface area contributed by atoms with Crippen molar-refractivity contribution in [1.29, 1.82) is 0 Å². The summed E-state index contributed by atoms with van der Waals surface area (Å²) in [7, 11) is 0. The Morgan fingerprint density at radius 3 is 1.83 bits per heavy atom. The van der Waals surface area contributed by atoms with E-state index in [1.165, 1.54) is 44.2 Å². The molecule has 244 valence electrons. The molecular weight excluding hydrogens is 637 g/mol. The molecule has 0 amide bonds. The summed E-state index contributed by atoms with van der Waals surface area (Å²) in [4.78, 5) is 2.47. The Morgan fingerprint density at radius 2 is 1.02 bits per heavy atom. The fraction of sp³-hybridized carbons (Fsp3) is 0.0417. The second-order valence-corrected chi connectivity index (χ2v) is 14.0. The number of anilines is 2. The van der Waals surface area contributed by atoms with E-state index in [0.29, 0.717) is 0 Å². The highest BCUT2D eigenvalue weighted by atomic mass is 16.3. The lowest BCUT2D eigenvalue weighted by molar-refractivity contribution is 0.663. The number of aromatic nitrogens is 1. The van der Waals surface area contributed by atoms with E-state index in [1.807, 2.05) is 6.07 Å². The molecular formula is C48H30N2O2. The average molecular weight is 667 g/mol. The summed E-state index contributed by atoms with van der Waals surface area (Å²) in [5.74, 6) is 0.229. The van der Waals surface area contributed by atoms with Crippen LogP contribution in [-0.2, 0) is 0 Å². The lowest BCUT2D eigenvalue weighted by Gasteiger charge is -2.28. The highest BCUT2D eigenvalue weighted by molar-refractivity contribution is 6.13. The summed E-state index contributed by atoms with van der Waals surface area (Å²) in [5, 5.41) is 7.00. The van der Waals surface area contributed by atoms with Gasteiger partial charge in [0.05, 0.1) is 28.5 Å². The van der Waals surface area contributed by atoms with Gasteiger partial charge in [-0.1, -0.05) is 115 Å². The van der Waals surface area contributed by atoms with Gasteiger partial charge in [-0.25, -0.2) is 0 Å². The van der Waals surface area contributed by atoms with Crippen LogP contribution >= 0.6 is 0 Å². The van der Waals surface area contributed by atoms with Crippen molar-refractivity contribution in [3.8, 4) is 16.8 Å². The van der Waals surface area contributed by atoms with Crippen LogP contribution in [0.4, 0.5) is 11.4 Å². The van der Waals surface area contributed by atoms with Gasteiger partial charge in [0, 0.05) is 43.9 Å². The Balaban J connectivity index is 1.00. The van der Waals surface area contributed by atoms with Crippen LogP contribution < -0.4 is 4.90 Å². The Hall–Kier alpha value is -6.78. The molecule has 10 aromatic rings. The molecule has 1 aliphatic heterocycles. The van der Waals surface area contributed by atoms with Gasteiger partial charge < -0.3 is 18.3 Å². The van der Waals surface area contributed by atoms with Crippen molar-refractivity contribution in [3.05, 3.63) is 175 Å². The fourth-order valence-electron chi connectivity index (χ4n) is 9.04. The molecule has 0 N–H and O–H groups in total. The van der Waals surface area contributed by atoms with Gasteiger partial charge in [0.1, 0.15) is 11.2 Å². The zero-order valence-corrected chi connectivity index (χ0v) is 28.0. The van der Waals surface area contributed by atoms with Crippen molar-refractivity contribution in [1.82, 2.24) is 4.57 Å². The third-order valence-electron chi connectivity index (χ3n) is 11.3. The third kappa shape index (κ3) is 3.76. The number of hydrogen-bond donors (Lipinski definition) is 0. The van der Waals surface area contributed by atoms with E-state index in [-0.39, 0.29) is 12.0 Å². The highest BCUT2D eigenvalue weighted by Gasteiger charge is 2.38. The van der Waals surface area contributed by atoms with E-state index in [1.54, 1.807) is 0 Å². The van der Waals surface area contributed by atoms with Crippen LogP contribution in [-0.4, -0.2) is 10.6 Å². The number of allylic oxidation sites excluding steroid dienone is 2. The smallest absolute Gasteiger partial charge is 0.159 e. The van der Waals surface area contributed by atoms with Crippen LogP contribution in [0.25, 0.3) is 82.5 Å². The molecule has 3 aromatic heterocycles. The average Bonchev–Trinajstić information content (AvgIpc) is 3.95. The summed E-state index contributed by atoms with van der Waals surface area (Å²) < 4.78 is 15.6. The van der Waals surface area contributed by atoms with E-state index < -0.39 is 0 Å². The molecule has 52 heavy (non-hydrogen) atoms. The Labute approximate surface area is 298 Å². The number of para-hydroxylation sites is 5. The number of nitrogens with zero attached hydrogens (tertiary/aromatic N) is 2. The predicted octanol–water partition coefficient (Wildman–Crippen LogP) is 13.0. The molecule has 4 heterocycles. The van der Waals surface area contributed by atoms with E-state index in [0.717, 1.165) is 55.3 Å². The molecule has 0 saturated carbocycles. The predicted molar refractivity (Wildman–Crippen MR) is 214 cm³/mol. The third-order valence-corrected chi connectivity index (χ3v) is 11.3. The van der Waals surface area contributed by atoms with Crippen molar-refractivity contribution in [2.75, 3.05) is 4.90 Å². The van der Waals surface area contributed by atoms with Crippen LogP contribution in [0.3, 0.4) is 0 Å². The Morgan fingerprint density at radius 1 is 0.423 bits per heavy atom. The minimum absolute atomic E-state index is 0.161. The first-order valence-corrected chi connectivity index (χ1v) is 17.9. The molecule has 4 nitrogen and oxygen atoms in total. The summed E-state index contributed by atoms with van der Waals surface area (Å²) in [5.41, 5.74) is 13.0. The van der Waals surface area contributed by atoms with Crippen molar-refractivity contribution in [2.45, 2.75) is 12.0 Å². The lowest BCUT2D eigenvalue weighted by atomic mass is 9.89. The summed E-state index contributed by atoms with van der Waals surface area (Å²) in [6.07, 6.45) is 9.02. The van der Waals surface area contributed by atoms with Gasteiger partial charge in [0.25, 0.3) is 0 Å². The first kappa shape index (κ1) is 28.0.